The van der Waals surface area contributed by atoms with Gasteiger partial charge >= 0.3 is 0 Å². The van der Waals surface area contributed by atoms with Gasteiger partial charge in [0.2, 0.25) is 0 Å². The van der Waals surface area contributed by atoms with Crippen molar-refractivity contribution in [3.05, 3.63) is 22.8 Å². The first-order valence-corrected chi connectivity index (χ1v) is 7.42. The van der Waals surface area contributed by atoms with Gasteiger partial charge < -0.3 is 20.7 Å². The molecule has 3 N–H and O–H groups in total. The van der Waals surface area contributed by atoms with Crippen molar-refractivity contribution in [1.29, 1.82) is 0 Å². The van der Waals surface area contributed by atoms with Crippen molar-refractivity contribution < 1.29 is 5.21 Å². The lowest BCUT2D eigenvalue weighted by Gasteiger charge is -2.32. The Morgan fingerprint density at radius 1 is 1.57 bits per heavy atom. The smallest absolute Gasteiger partial charge is 0.171 e. The highest BCUT2D eigenvalue weighted by Gasteiger charge is 2.21. The van der Waals surface area contributed by atoms with E-state index in [1.165, 1.54) is 12.8 Å². The van der Waals surface area contributed by atoms with Crippen LogP contribution in [-0.2, 0) is 0 Å². The van der Waals surface area contributed by atoms with Crippen LogP contribution in [-0.4, -0.2) is 54.7 Å². The second-order valence-corrected chi connectivity index (χ2v) is 5.99. The maximum Gasteiger partial charge on any atom is 0.171 e. The molecule has 1 aromatic rings. The minimum absolute atomic E-state index is 0.00339. The van der Waals surface area contributed by atoms with Gasteiger partial charge in [0.25, 0.3) is 0 Å². The molecule has 0 aromatic carbocycles. The van der Waals surface area contributed by atoms with Gasteiger partial charge in [0.05, 0.1) is 5.02 Å². The number of hydrogen-bond donors (Lipinski definition) is 2. The van der Waals surface area contributed by atoms with E-state index in [1.54, 1.807) is 12.3 Å². The van der Waals surface area contributed by atoms with Crippen LogP contribution in [0.2, 0.25) is 5.02 Å². The molecular weight excluding hydrogens is 290 g/mol. The van der Waals surface area contributed by atoms with E-state index >= 15 is 0 Å². The van der Waals surface area contributed by atoms with Gasteiger partial charge in [-0.15, -0.1) is 0 Å². The molecule has 116 valence electrons. The van der Waals surface area contributed by atoms with E-state index in [-0.39, 0.29) is 5.84 Å². The summed E-state index contributed by atoms with van der Waals surface area (Å²) in [5, 5.41) is 12.2. The third-order valence-electron chi connectivity index (χ3n) is 3.99. The van der Waals surface area contributed by atoms with Crippen LogP contribution in [0.3, 0.4) is 0 Å². The van der Waals surface area contributed by atoms with Gasteiger partial charge in [-0.05, 0) is 45.0 Å². The van der Waals surface area contributed by atoms with Gasteiger partial charge in [-0.1, -0.05) is 16.8 Å². The number of oxime groups is 1. The summed E-state index contributed by atoms with van der Waals surface area (Å²) in [6, 6.07) is 1.64. The Labute approximate surface area is 130 Å². The van der Waals surface area contributed by atoms with Gasteiger partial charge in [0, 0.05) is 25.4 Å². The fourth-order valence-electron chi connectivity index (χ4n) is 2.67. The van der Waals surface area contributed by atoms with Crippen molar-refractivity contribution in [2.24, 2.45) is 16.8 Å². The first-order valence-electron chi connectivity index (χ1n) is 7.05. The van der Waals surface area contributed by atoms with Gasteiger partial charge in [-0.25, -0.2) is 4.98 Å². The highest BCUT2D eigenvalue weighted by atomic mass is 35.5. The van der Waals surface area contributed by atoms with Crippen LogP contribution in [0.1, 0.15) is 18.4 Å². The van der Waals surface area contributed by atoms with Gasteiger partial charge in [-0.2, -0.15) is 0 Å². The summed E-state index contributed by atoms with van der Waals surface area (Å²) in [4.78, 5) is 8.72. The Bertz CT molecular complexity index is 514. The molecule has 21 heavy (non-hydrogen) atoms. The van der Waals surface area contributed by atoms with Gasteiger partial charge in [0.15, 0.2) is 5.84 Å². The normalized spacial score (nSPS) is 18.0. The topological polar surface area (TPSA) is 78.0 Å². The molecule has 0 bridgehead atoms. The second kappa shape index (κ2) is 6.95. The summed E-state index contributed by atoms with van der Waals surface area (Å²) in [5.41, 5.74) is 6.13. The molecular formula is C14H22ClN5O. The van der Waals surface area contributed by atoms with Crippen molar-refractivity contribution in [1.82, 2.24) is 9.88 Å². The fourth-order valence-corrected chi connectivity index (χ4v) is 3.02. The number of hydrogen-bond acceptors (Lipinski definition) is 5. The van der Waals surface area contributed by atoms with Crippen molar-refractivity contribution in [3.8, 4) is 0 Å². The summed E-state index contributed by atoms with van der Waals surface area (Å²) in [5.74, 6) is 1.30. The molecule has 1 saturated heterocycles. The number of pyridine rings is 1. The molecule has 1 fully saturated rings. The number of nitrogens with two attached hydrogens (primary N) is 1. The summed E-state index contributed by atoms with van der Waals surface area (Å²) >= 11 is 6.33. The molecule has 7 heteroatoms. The average molecular weight is 312 g/mol. The number of aromatic nitrogens is 1. The number of rotatable bonds is 4. The van der Waals surface area contributed by atoms with Gasteiger partial charge in [0.1, 0.15) is 5.82 Å². The first kappa shape index (κ1) is 15.9. The Kier molecular flexibility index (Phi) is 5.25. The molecule has 2 heterocycles. The van der Waals surface area contributed by atoms with Crippen LogP contribution in [0.5, 0.6) is 0 Å². The van der Waals surface area contributed by atoms with Crippen LogP contribution in [0, 0.1) is 5.92 Å². The van der Waals surface area contributed by atoms with Crippen molar-refractivity contribution in [2.45, 2.75) is 12.8 Å². The van der Waals surface area contributed by atoms with Crippen LogP contribution < -0.4 is 10.6 Å². The second-order valence-electron chi connectivity index (χ2n) is 5.61. The molecule has 0 radical (unpaired) electrons. The summed E-state index contributed by atoms with van der Waals surface area (Å²) < 4.78 is 0. The van der Waals surface area contributed by atoms with E-state index in [0.29, 0.717) is 22.3 Å². The van der Waals surface area contributed by atoms with E-state index in [0.717, 1.165) is 19.6 Å². The molecule has 0 atom stereocenters. The zero-order chi connectivity index (χ0) is 15.4. The predicted octanol–water partition coefficient (Wildman–Crippen LogP) is 1.61. The predicted molar refractivity (Wildman–Crippen MR) is 85.2 cm³/mol. The maximum atomic E-state index is 8.79. The largest absolute Gasteiger partial charge is 0.409 e. The number of piperidine rings is 1. The molecule has 0 saturated carbocycles. The molecule has 0 aliphatic carbocycles. The van der Waals surface area contributed by atoms with Crippen molar-refractivity contribution in [2.75, 3.05) is 38.6 Å². The lowest BCUT2D eigenvalue weighted by atomic mass is 9.96. The standard InChI is InChI=1S/C14H22ClN5O/c1-19-7-4-10(5-8-19)9-20(2)14-12(15)11(3-6-17-14)13(16)18-21/h3,6,10,21H,4-5,7-9H2,1-2H3,(H2,16,18). The third kappa shape index (κ3) is 3.77. The van der Waals surface area contributed by atoms with E-state index in [1.807, 2.05) is 11.9 Å². The number of nitrogens with zero attached hydrogens (tertiary/aromatic N) is 4. The monoisotopic (exact) mass is 311 g/mol. The van der Waals surface area contributed by atoms with E-state index in [2.05, 4.69) is 22.1 Å². The van der Waals surface area contributed by atoms with E-state index in [4.69, 9.17) is 22.5 Å². The number of halogens is 1. The number of likely N-dealkylation sites (tertiary alicyclic amines) is 1. The van der Waals surface area contributed by atoms with Crippen LogP contribution in [0.15, 0.2) is 17.4 Å². The fraction of sp³-hybridized carbons (Fsp3) is 0.571. The lowest BCUT2D eigenvalue weighted by Crippen LogP contribution is -2.36. The lowest BCUT2D eigenvalue weighted by molar-refractivity contribution is 0.222. The van der Waals surface area contributed by atoms with Crippen LogP contribution in [0.4, 0.5) is 5.82 Å². The maximum absolute atomic E-state index is 8.79. The molecule has 1 aliphatic heterocycles. The Hall–Kier alpha value is -1.53. The average Bonchev–Trinajstić information content (AvgIpc) is 2.49. The van der Waals surface area contributed by atoms with Crippen molar-refractivity contribution >= 4 is 23.3 Å². The molecule has 0 spiro atoms. The minimum Gasteiger partial charge on any atom is -0.409 e. The molecule has 1 aliphatic rings. The number of amidine groups is 1. The van der Waals surface area contributed by atoms with Gasteiger partial charge in [-0.3, -0.25) is 0 Å². The SMILES string of the molecule is CN1CCC(CN(C)c2nccc(/C(N)=N/O)c2Cl)CC1. The quantitative estimate of drug-likeness (QED) is 0.382. The zero-order valence-corrected chi connectivity index (χ0v) is 13.2. The first-order chi connectivity index (χ1) is 10.0. The van der Waals surface area contributed by atoms with Crippen LogP contribution in [0.25, 0.3) is 0 Å². The van der Waals surface area contributed by atoms with Crippen LogP contribution >= 0.6 is 11.6 Å². The molecule has 0 unspecified atom stereocenters. The minimum atomic E-state index is -0.00339. The Morgan fingerprint density at radius 2 is 2.24 bits per heavy atom. The Morgan fingerprint density at radius 3 is 2.86 bits per heavy atom. The third-order valence-corrected chi connectivity index (χ3v) is 4.36. The van der Waals surface area contributed by atoms with E-state index < -0.39 is 0 Å². The van der Waals surface area contributed by atoms with Crippen molar-refractivity contribution in [3.63, 3.8) is 0 Å². The molecule has 0 amide bonds. The molecule has 2 rings (SSSR count). The summed E-state index contributed by atoms with van der Waals surface area (Å²) in [6.07, 6.45) is 3.98. The molecule has 1 aromatic heterocycles. The Balaban J connectivity index is 2.10. The highest BCUT2D eigenvalue weighted by molar-refractivity contribution is 6.36. The van der Waals surface area contributed by atoms with E-state index in [9.17, 15) is 0 Å². The molecule has 6 nitrogen and oxygen atoms in total. The zero-order valence-electron chi connectivity index (χ0n) is 12.5. The highest BCUT2D eigenvalue weighted by Crippen LogP contribution is 2.28. The summed E-state index contributed by atoms with van der Waals surface area (Å²) in [7, 11) is 4.13. The number of anilines is 1. The summed E-state index contributed by atoms with van der Waals surface area (Å²) in [6.45, 7) is 3.16.